The SMILES string of the molecule is CCOCCOC(N)C(=O)ON1C(=O)CCC1=O. The van der Waals surface area contributed by atoms with E-state index in [1.54, 1.807) is 0 Å². The number of carbonyl (C=O) groups excluding carboxylic acids is 3. The van der Waals surface area contributed by atoms with Crippen molar-refractivity contribution in [2.45, 2.75) is 26.0 Å². The van der Waals surface area contributed by atoms with E-state index in [1.807, 2.05) is 6.92 Å². The Hall–Kier alpha value is -1.51. The molecule has 1 aliphatic heterocycles. The summed E-state index contributed by atoms with van der Waals surface area (Å²) in [4.78, 5) is 38.3. The molecular formula is C10H16N2O6. The molecule has 0 spiro atoms. The average Bonchev–Trinajstić information content (AvgIpc) is 2.66. The molecule has 102 valence electrons. The Bertz CT molecular complexity index is 316. The lowest BCUT2D eigenvalue weighted by Gasteiger charge is -2.16. The van der Waals surface area contributed by atoms with E-state index in [0.717, 1.165) is 0 Å². The molecule has 1 rings (SSSR count). The molecule has 0 aromatic rings. The number of hydrogen-bond donors (Lipinski definition) is 1. The summed E-state index contributed by atoms with van der Waals surface area (Å²) in [5.74, 6) is -2.11. The van der Waals surface area contributed by atoms with Gasteiger partial charge in [-0.15, -0.1) is 5.06 Å². The number of hydrogen-bond acceptors (Lipinski definition) is 7. The molecule has 1 heterocycles. The summed E-state index contributed by atoms with van der Waals surface area (Å²) in [6.07, 6.45) is -1.29. The quantitative estimate of drug-likeness (QED) is 0.353. The minimum absolute atomic E-state index is 0.0343. The number of nitrogens with two attached hydrogens (primary N) is 1. The molecule has 0 aromatic heterocycles. The van der Waals surface area contributed by atoms with Gasteiger partial charge in [-0.25, -0.2) is 4.79 Å². The van der Waals surface area contributed by atoms with Gasteiger partial charge in [0.25, 0.3) is 11.8 Å². The fourth-order valence-corrected chi connectivity index (χ4v) is 1.25. The van der Waals surface area contributed by atoms with Gasteiger partial charge < -0.3 is 14.3 Å². The zero-order valence-corrected chi connectivity index (χ0v) is 10.1. The fraction of sp³-hybridized carbons (Fsp3) is 0.700. The van der Waals surface area contributed by atoms with Crippen molar-refractivity contribution in [1.82, 2.24) is 5.06 Å². The molecule has 0 aliphatic carbocycles. The lowest BCUT2D eigenvalue weighted by atomic mass is 10.4. The molecule has 0 saturated carbocycles. The Labute approximate surface area is 104 Å². The van der Waals surface area contributed by atoms with Crippen LogP contribution in [0.25, 0.3) is 0 Å². The third-order valence-electron chi connectivity index (χ3n) is 2.15. The number of rotatable bonds is 7. The first-order valence-corrected chi connectivity index (χ1v) is 5.58. The highest BCUT2D eigenvalue weighted by molar-refractivity contribution is 6.01. The second-order valence-electron chi connectivity index (χ2n) is 3.48. The van der Waals surface area contributed by atoms with Crippen LogP contribution in [0.15, 0.2) is 0 Å². The van der Waals surface area contributed by atoms with Crippen molar-refractivity contribution in [3.8, 4) is 0 Å². The standard InChI is InChI=1S/C10H16N2O6/c1-2-16-5-6-17-9(11)10(15)18-12-7(13)3-4-8(12)14/h9H,2-6,11H2,1H3. The third kappa shape index (κ3) is 4.06. The molecule has 1 fully saturated rings. The van der Waals surface area contributed by atoms with Gasteiger partial charge in [-0.05, 0) is 6.92 Å². The van der Waals surface area contributed by atoms with Crippen LogP contribution < -0.4 is 5.73 Å². The Morgan fingerprint density at radius 3 is 2.50 bits per heavy atom. The lowest BCUT2D eigenvalue weighted by molar-refractivity contribution is -0.205. The summed E-state index contributed by atoms with van der Waals surface area (Å²) in [5.41, 5.74) is 5.37. The summed E-state index contributed by atoms with van der Waals surface area (Å²) in [5, 5.41) is 0.425. The summed E-state index contributed by atoms with van der Waals surface area (Å²) in [6.45, 7) is 2.75. The van der Waals surface area contributed by atoms with Crippen molar-refractivity contribution in [2.75, 3.05) is 19.8 Å². The van der Waals surface area contributed by atoms with Gasteiger partial charge in [0.15, 0.2) is 0 Å². The van der Waals surface area contributed by atoms with Crippen molar-refractivity contribution in [2.24, 2.45) is 5.73 Å². The van der Waals surface area contributed by atoms with Crippen LogP contribution >= 0.6 is 0 Å². The molecule has 0 aromatic carbocycles. The predicted molar refractivity (Wildman–Crippen MR) is 57.6 cm³/mol. The number of amides is 2. The Kier molecular flexibility index (Phi) is 5.69. The molecular weight excluding hydrogens is 244 g/mol. The van der Waals surface area contributed by atoms with Crippen LogP contribution in [-0.2, 0) is 28.7 Å². The molecule has 18 heavy (non-hydrogen) atoms. The summed E-state index contributed by atoms with van der Waals surface area (Å²) < 4.78 is 9.90. The van der Waals surface area contributed by atoms with E-state index >= 15 is 0 Å². The molecule has 8 nitrogen and oxygen atoms in total. The maximum atomic E-state index is 11.4. The molecule has 0 radical (unpaired) electrons. The van der Waals surface area contributed by atoms with Gasteiger partial charge in [-0.2, -0.15) is 0 Å². The minimum Gasteiger partial charge on any atom is -0.379 e. The van der Waals surface area contributed by atoms with Crippen LogP contribution in [0.5, 0.6) is 0 Å². The van der Waals surface area contributed by atoms with Gasteiger partial charge in [-0.1, -0.05) is 0 Å². The van der Waals surface area contributed by atoms with E-state index in [0.29, 0.717) is 18.3 Å². The normalized spacial score (nSPS) is 17.1. The number of carbonyl (C=O) groups is 3. The average molecular weight is 260 g/mol. The maximum Gasteiger partial charge on any atom is 0.376 e. The van der Waals surface area contributed by atoms with Gasteiger partial charge >= 0.3 is 5.97 Å². The molecule has 8 heteroatoms. The number of imide groups is 1. The fourth-order valence-electron chi connectivity index (χ4n) is 1.25. The highest BCUT2D eigenvalue weighted by atomic mass is 16.7. The number of nitrogens with zero attached hydrogens (tertiary/aromatic N) is 1. The zero-order valence-electron chi connectivity index (χ0n) is 10.1. The van der Waals surface area contributed by atoms with E-state index in [1.165, 1.54) is 0 Å². The summed E-state index contributed by atoms with van der Waals surface area (Å²) >= 11 is 0. The van der Waals surface area contributed by atoms with Crippen molar-refractivity contribution < 1.29 is 28.7 Å². The monoisotopic (exact) mass is 260 g/mol. The molecule has 2 amide bonds. The van der Waals surface area contributed by atoms with Crippen molar-refractivity contribution in [3.05, 3.63) is 0 Å². The van der Waals surface area contributed by atoms with Crippen LogP contribution in [0, 0.1) is 0 Å². The van der Waals surface area contributed by atoms with Gasteiger partial charge in [0.05, 0.1) is 13.2 Å². The molecule has 1 aliphatic rings. The van der Waals surface area contributed by atoms with E-state index in [4.69, 9.17) is 15.2 Å². The largest absolute Gasteiger partial charge is 0.379 e. The third-order valence-corrected chi connectivity index (χ3v) is 2.15. The summed E-state index contributed by atoms with van der Waals surface area (Å²) in [6, 6.07) is 0. The van der Waals surface area contributed by atoms with E-state index in [2.05, 4.69) is 4.84 Å². The molecule has 2 N–H and O–H groups in total. The predicted octanol–water partition coefficient (Wildman–Crippen LogP) is -1.07. The van der Waals surface area contributed by atoms with Crippen LogP contribution in [-0.4, -0.2) is 48.9 Å². The summed E-state index contributed by atoms with van der Waals surface area (Å²) in [7, 11) is 0. The highest BCUT2D eigenvalue weighted by Crippen LogP contribution is 2.12. The van der Waals surface area contributed by atoms with Gasteiger partial charge in [0, 0.05) is 19.4 Å². The smallest absolute Gasteiger partial charge is 0.376 e. The van der Waals surface area contributed by atoms with Crippen LogP contribution in [0.1, 0.15) is 19.8 Å². The number of hydroxylamine groups is 2. The maximum absolute atomic E-state index is 11.4. The van der Waals surface area contributed by atoms with Crippen molar-refractivity contribution >= 4 is 17.8 Å². The first kappa shape index (κ1) is 14.6. The molecule has 1 atom stereocenters. The Morgan fingerprint density at radius 1 is 1.33 bits per heavy atom. The second-order valence-corrected chi connectivity index (χ2v) is 3.48. The lowest BCUT2D eigenvalue weighted by Crippen LogP contribution is -2.42. The van der Waals surface area contributed by atoms with Gasteiger partial charge in [0.1, 0.15) is 0 Å². The minimum atomic E-state index is -1.35. The Balaban J connectivity index is 2.31. The van der Waals surface area contributed by atoms with E-state index in [9.17, 15) is 14.4 Å². The van der Waals surface area contributed by atoms with Crippen LogP contribution in [0.4, 0.5) is 0 Å². The topological polar surface area (TPSA) is 108 Å². The molecule has 0 bridgehead atoms. The number of ether oxygens (including phenoxy) is 2. The highest BCUT2D eigenvalue weighted by Gasteiger charge is 2.34. The van der Waals surface area contributed by atoms with Crippen molar-refractivity contribution in [3.63, 3.8) is 0 Å². The second kappa shape index (κ2) is 7.04. The van der Waals surface area contributed by atoms with Crippen LogP contribution in [0.2, 0.25) is 0 Å². The van der Waals surface area contributed by atoms with Crippen molar-refractivity contribution in [1.29, 1.82) is 0 Å². The van der Waals surface area contributed by atoms with Gasteiger partial charge in [-0.3, -0.25) is 15.3 Å². The Morgan fingerprint density at radius 2 is 1.94 bits per heavy atom. The van der Waals surface area contributed by atoms with Gasteiger partial charge in [0.2, 0.25) is 6.23 Å². The molecule has 1 unspecified atom stereocenters. The van der Waals surface area contributed by atoms with E-state index in [-0.39, 0.29) is 19.4 Å². The first-order valence-electron chi connectivity index (χ1n) is 5.58. The zero-order chi connectivity index (χ0) is 13.5. The first-order chi connectivity index (χ1) is 8.56. The van der Waals surface area contributed by atoms with Crippen LogP contribution in [0.3, 0.4) is 0 Å². The van der Waals surface area contributed by atoms with E-state index < -0.39 is 24.0 Å². The molecule has 1 saturated heterocycles.